The van der Waals surface area contributed by atoms with Crippen LogP contribution in [0.5, 0.6) is 0 Å². The van der Waals surface area contributed by atoms with Crippen molar-refractivity contribution >= 4 is 23.6 Å². The van der Waals surface area contributed by atoms with Gasteiger partial charge in [0.05, 0.1) is 11.1 Å². The first-order valence-electron chi connectivity index (χ1n) is 9.38. The van der Waals surface area contributed by atoms with Crippen LogP contribution in [0, 0.1) is 11.8 Å². The number of amides is 4. The van der Waals surface area contributed by atoms with E-state index >= 15 is 0 Å². The summed E-state index contributed by atoms with van der Waals surface area (Å²) in [6.45, 7) is 2.15. The summed E-state index contributed by atoms with van der Waals surface area (Å²) in [4.78, 5) is 50.1. The molecule has 2 aliphatic rings. The van der Waals surface area contributed by atoms with Crippen molar-refractivity contribution in [1.29, 1.82) is 0 Å². The zero-order valence-corrected chi connectivity index (χ0v) is 15.3. The molecular weight excluding hydrogens is 344 g/mol. The predicted octanol–water partition coefficient (Wildman–Crippen LogP) is 2.41. The second kappa shape index (κ2) is 8.17. The van der Waals surface area contributed by atoms with E-state index in [1.165, 1.54) is 6.42 Å². The third kappa shape index (κ3) is 3.77. The van der Waals surface area contributed by atoms with Gasteiger partial charge in [0.2, 0.25) is 11.8 Å². The second-order valence-electron chi connectivity index (χ2n) is 6.79. The molecule has 1 fully saturated rings. The van der Waals surface area contributed by atoms with Crippen molar-refractivity contribution in [2.45, 2.75) is 57.9 Å². The molecule has 1 aromatic rings. The second-order valence-corrected chi connectivity index (χ2v) is 6.79. The summed E-state index contributed by atoms with van der Waals surface area (Å²) in [6.07, 6.45) is 5.46. The van der Waals surface area contributed by atoms with Gasteiger partial charge in [-0.05, 0) is 25.0 Å². The van der Waals surface area contributed by atoms with Crippen LogP contribution >= 0.6 is 0 Å². The topological polar surface area (TPSA) is 83.6 Å². The molecule has 3 rings (SSSR count). The van der Waals surface area contributed by atoms with Gasteiger partial charge in [0.1, 0.15) is 6.04 Å². The molecule has 1 N–H and O–H groups in total. The van der Waals surface area contributed by atoms with E-state index in [2.05, 4.69) is 24.1 Å². The Balaban J connectivity index is 1.81. The van der Waals surface area contributed by atoms with Crippen LogP contribution in [0.2, 0.25) is 0 Å². The highest BCUT2D eigenvalue weighted by molar-refractivity contribution is 6.24. The van der Waals surface area contributed by atoms with E-state index in [1.54, 1.807) is 18.2 Å². The van der Waals surface area contributed by atoms with Gasteiger partial charge in [-0.3, -0.25) is 29.4 Å². The molecule has 1 saturated heterocycles. The minimum atomic E-state index is -0.954. The van der Waals surface area contributed by atoms with Crippen LogP contribution in [0.1, 0.15) is 78.1 Å². The maximum absolute atomic E-state index is 12.9. The summed E-state index contributed by atoms with van der Waals surface area (Å²) in [7, 11) is 0. The number of piperidine rings is 1. The number of carbonyl (C=O) groups is 4. The van der Waals surface area contributed by atoms with Crippen molar-refractivity contribution < 1.29 is 19.2 Å². The van der Waals surface area contributed by atoms with Gasteiger partial charge in [0.15, 0.2) is 0 Å². The van der Waals surface area contributed by atoms with Crippen molar-refractivity contribution in [1.82, 2.24) is 10.2 Å². The molecule has 0 saturated carbocycles. The summed E-state index contributed by atoms with van der Waals surface area (Å²) < 4.78 is 0. The number of carbonyl (C=O) groups excluding carboxylic acids is 4. The van der Waals surface area contributed by atoms with Gasteiger partial charge in [-0.15, -0.1) is 0 Å². The number of fused-ring (bicyclic) bond motifs is 1. The highest BCUT2D eigenvalue weighted by atomic mass is 16.2. The van der Waals surface area contributed by atoms with Crippen molar-refractivity contribution in [3.8, 4) is 11.8 Å². The fourth-order valence-corrected chi connectivity index (χ4v) is 3.42. The molecule has 6 nitrogen and oxygen atoms in total. The van der Waals surface area contributed by atoms with Crippen LogP contribution in [0.4, 0.5) is 0 Å². The first-order valence-corrected chi connectivity index (χ1v) is 9.38. The molecular formula is C21H22N2O4. The molecule has 0 spiro atoms. The lowest BCUT2D eigenvalue weighted by Crippen LogP contribution is -2.54. The lowest BCUT2D eigenvalue weighted by molar-refractivity contribution is -0.136. The molecule has 1 atom stereocenters. The fraction of sp³-hybridized carbons (Fsp3) is 0.429. The smallest absolute Gasteiger partial charge is 0.263 e. The zero-order chi connectivity index (χ0) is 19.4. The number of hydrogen-bond acceptors (Lipinski definition) is 4. The van der Waals surface area contributed by atoms with Gasteiger partial charge in [-0.1, -0.05) is 44.1 Å². The van der Waals surface area contributed by atoms with E-state index < -0.39 is 23.8 Å². The highest BCUT2D eigenvalue weighted by Crippen LogP contribution is 2.29. The Kier molecular flexibility index (Phi) is 5.70. The zero-order valence-electron chi connectivity index (χ0n) is 15.3. The number of benzene rings is 1. The molecule has 0 aliphatic carbocycles. The van der Waals surface area contributed by atoms with Crippen molar-refractivity contribution in [2.24, 2.45) is 0 Å². The number of rotatable bonds is 5. The molecule has 0 aromatic heterocycles. The number of hydrogen-bond donors (Lipinski definition) is 1. The van der Waals surface area contributed by atoms with Gasteiger partial charge in [0, 0.05) is 18.4 Å². The molecule has 1 unspecified atom stereocenters. The predicted molar refractivity (Wildman–Crippen MR) is 98.8 cm³/mol. The fourth-order valence-electron chi connectivity index (χ4n) is 3.42. The summed E-state index contributed by atoms with van der Waals surface area (Å²) in [5.74, 6) is 4.08. The maximum atomic E-state index is 12.9. The monoisotopic (exact) mass is 366 g/mol. The van der Waals surface area contributed by atoms with Crippen LogP contribution in [-0.4, -0.2) is 34.6 Å². The number of unbranched alkanes of at least 4 members (excludes halogenated alkanes) is 4. The quantitative estimate of drug-likeness (QED) is 0.493. The lowest BCUT2D eigenvalue weighted by Gasteiger charge is -2.27. The Morgan fingerprint density at radius 3 is 2.67 bits per heavy atom. The Morgan fingerprint density at radius 1 is 1.11 bits per heavy atom. The van der Waals surface area contributed by atoms with Crippen LogP contribution in [0.3, 0.4) is 0 Å². The van der Waals surface area contributed by atoms with Crippen molar-refractivity contribution in [3.63, 3.8) is 0 Å². The molecule has 2 heterocycles. The third-order valence-electron chi connectivity index (χ3n) is 4.85. The largest absolute Gasteiger partial charge is 0.295 e. The summed E-state index contributed by atoms with van der Waals surface area (Å²) >= 11 is 0. The number of nitrogens with one attached hydrogen (secondary N) is 1. The first kappa shape index (κ1) is 18.8. The van der Waals surface area contributed by atoms with Gasteiger partial charge in [-0.2, -0.15) is 0 Å². The standard InChI is InChI=1S/C21H22N2O4/c1-2-3-4-5-6-7-9-14-10-8-11-15-18(14)21(27)23(20(15)26)16-12-13-17(24)22-19(16)25/h8,10-11,16H,2-6,12-13H2,1H3,(H,22,24,25). The molecule has 27 heavy (non-hydrogen) atoms. The molecule has 1 aromatic carbocycles. The van der Waals surface area contributed by atoms with Gasteiger partial charge in [-0.25, -0.2) is 0 Å². The van der Waals surface area contributed by atoms with Crippen LogP contribution < -0.4 is 5.32 Å². The molecule has 6 heteroatoms. The van der Waals surface area contributed by atoms with Crippen LogP contribution in [0.25, 0.3) is 0 Å². The third-order valence-corrected chi connectivity index (χ3v) is 4.85. The minimum Gasteiger partial charge on any atom is -0.295 e. The number of imide groups is 2. The molecule has 4 amide bonds. The summed E-state index contributed by atoms with van der Waals surface area (Å²) in [5, 5.41) is 2.20. The Bertz CT molecular complexity index is 863. The van der Waals surface area contributed by atoms with Crippen molar-refractivity contribution in [2.75, 3.05) is 0 Å². The normalized spacial score (nSPS) is 18.9. The van der Waals surface area contributed by atoms with Gasteiger partial charge < -0.3 is 0 Å². The molecule has 0 bridgehead atoms. The van der Waals surface area contributed by atoms with Crippen molar-refractivity contribution in [3.05, 3.63) is 34.9 Å². The van der Waals surface area contributed by atoms with E-state index in [9.17, 15) is 19.2 Å². The van der Waals surface area contributed by atoms with Gasteiger partial charge >= 0.3 is 0 Å². The lowest BCUT2D eigenvalue weighted by atomic mass is 10.0. The van der Waals surface area contributed by atoms with E-state index in [0.29, 0.717) is 5.56 Å². The molecule has 2 aliphatic heterocycles. The Hall–Kier alpha value is -2.94. The summed E-state index contributed by atoms with van der Waals surface area (Å²) in [6, 6.07) is 4.04. The SMILES string of the molecule is CCCCCCC#Cc1cccc2c1C(=O)N(C1CCC(=O)NC1=O)C2=O. The minimum absolute atomic E-state index is 0.105. The summed E-state index contributed by atoms with van der Waals surface area (Å²) in [5.41, 5.74) is 1.03. The van der Waals surface area contributed by atoms with E-state index in [-0.39, 0.29) is 29.9 Å². The van der Waals surface area contributed by atoms with E-state index in [1.807, 2.05) is 0 Å². The first-order chi connectivity index (χ1) is 13.0. The van der Waals surface area contributed by atoms with Crippen LogP contribution in [0.15, 0.2) is 18.2 Å². The average molecular weight is 366 g/mol. The maximum Gasteiger partial charge on any atom is 0.263 e. The van der Waals surface area contributed by atoms with Crippen LogP contribution in [-0.2, 0) is 9.59 Å². The molecule has 0 radical (unpaired) electrons. The highest BCUT2D eigenvalue weighted by Gasteiger charge is 2.45. The van der Waals surface area contributed by atoms with Gasteiger partial charge in [0.25, 0.3) is 11.8 Å². The Morgan fingerprint density at radius 2 is 1.93 bits per heavy atom. The number of nitrogens with zero attached hydrogens (tertiary/aromatic N) is 1. The Labute approximate surface area is 158 Å². The van der Waals surface area contributed by atoms with E-state index in [4.69, 9.17) is 0 Å². The average Bonchev–Trinajstić information content (AvgIpc) is 2.90. The van der Waals surface area contributed by atoms with E-state index in [0.717, 1.165) is 30.6 Å². The molecule has 140 valence electrons.